The molecule has 0 saturated heterocycles. The van der Waals surface area contributed by atoms with E-state index in [2.05, 4.69) is 4.98 Å². The number of pyridine rings is 1. The summed E-state index contributed by atoms with van der Waals surface area (Å²) in [6.45, 7) is 0.450. The van der Waals surface area contributed by atoms with Crippen LogP contribution in [0.15, 0.2) is 48.8 Å². The quantitative estimate of drug-likeness (QED) is 0.619. The number of benzene rings is 1. The normalized spacial score (nSPS) is 9.88. The van der Waals surface area contributed by atoms with Gasteiger partial charge in [-0.1, -0.05) is 30.3 Å². The molecule has 3 N–H and O–H groups in total. The van der Waals surface area contributed by atoms with Crippen molar-refractivity contribution in [2.75, 3.05) is 0 Å². The number of hydrogen-bond acceptors (Lipinski definition) is 3. The number of hydrogen-bond donors (Lipinski definition) is 2. The van der Waals surface area contributed by atoms with E-state index in [9.17, 15) is 0 Å². The van der Waals surface area contributed by atoms with Gasteiger partial charge in [-0.15, -0.1) is 0 Å². The zero-order valence-corrected chi connectivity index (χ0v) is 9.26. The molecule has 2 rings (SSSR count). The molecular formula is C13H13N3O. The zero-order chi connectivity index (χ0) is 12.1. The molecule has 0 aliphatic carbocycles. The maximum Gasteiger partial charge on any atom is 0.133 e. The summed E-state index contributed by atoms with van der Waals surface area (Å²) in [5, 5.41) is 7.42. The Bertz CT molecular complexity index is 511. The molecule has 1 aromatic carbocycles. The third-order valence-corrected chi connectivity index (χ3v) is 2.31. The van der Waals surface area contributed by atoms with Crippen molar-refractivity contribution in [1.82, 2.24) is 4.98 Å². The average molecular weight is 227 g/mol. The third kappa shape index (κ3) is 2.81. The van der Waals surface area contributed by atoms with Crippen molar-refractivity contribution in [3.63, 3.8) is 0 Å². The lowest BCUT2D eigenvalue weighted by Gasteiger charge is -2.09. The van der Waals surface area contributed by atoms with Crippen molar-refractivity contribution >= 4 is 5.84 Å². The molecule has 1 heterocycles. The van der Waals surface area contributed by atoms with Crippen molar-refractivity contribution in [3.05, 3.63) is 59.9 Å². The van der Waals surface area contributed by atoms with Gasteiger partial charge in [0.2, 0.25) is 0 Å². The molecule has 0 amide bonds. The SMILES string of the molecule is N=C(N)c1cnccc1OCc1ccccc1. The largest absolute Gasteiger partial charge is 0.488 e. The van der Waals surface area contributed by atoms with Gasteiger partial charge < -0.3 is 10.5 Å². The van der Waals surface area contributed by atoms with E-state index in [1.54, 1.807) is 12.3 Å². The molecule has 1 aromatic heterocycles. The van der Waals surface area contributed by atoms with E-state index in [0.29, 0.717) is 17.9 Å². The number of ether oxygens (including phenoxy) is 1. The van der Waals surface area contributed by atoms with Crippen LogP contribution in [0.1, 0.15) is 11.1 Å². The topological polar surface area (TPSA) is 72.0 Å². The lowest BCUT2D eigenvalue weighted by Crippen LogP contribution is -2.13. The highest BCUT2D eigenvalue weighted by Crippen LogP contribution is 2.17. The van der Waals surface area contributed by atoms with Crippen LogP contribution in [0, 0.1) is 5.41 Å². The van der Waals surface area contributed by atoms with Crippen LogP contribution < -0.4 is 10.5 Å². The Hall–Kier alpha value is -2.36. The van der Waals surface area contributed by atoms with Crippen molar-refractivity contribution in [2.45, 2.75) is 6.61 Å². The monoisotopic (exact) mass is 227 g/mol. The van der Waals surface area contributed by atoms with Crippen LogP contribution in [0.2, 0.25) is 0 Å². The highest BCUT2D eigenvalue weighted by atomic mass is 16.5. The molecule has 4 heteroatoms. The van der Waals surface area contributed by atoms with Crippen LogP contribution in [-0.4, -0.2) is 10.8 Å². The van der Waals surface area contributed by atoms with Crippen LogP contribution in [0.5, 0.6) is 5.75 Å². The summed E-state index contributed by atoms with van der Waals surface area (Å²) in [5.41, 5.74) is 7.03. The fourth-order valence-corrected chi connectivity index (χ4v) is 1.45. The molecule has 0 saturated carbocycles. The predicted molar refractivity (Wildman–Crippen MR) is 66.0 cm³/mol. The Kier molecular flexibility index (Phi) is 3.35. The summed E-state index contributed by atoms with van der Waals surface area (Å²) >= 11 is 0. The van der Waals surface area contributed by atoms with Gasteiger partial charge in [-0.3, -0.25) is 10.4 Å². The second-order valence-corrected chi connectivity index (χ2v) is 3.56. The number of nitrogen functional groups attached to an aromatic ring is 1. The first-order valence-electron chi connectivity index (χ1n) is 5.22. The summed E-state index contributed by atoms with van der Waals surface area (Å²) in [5.74, 6) is 0.539. The summed E-state index contributed by atoms with van der Waals surface area (Å²) < 4.78 is 5.62. The lowest BCUT2D eigenvalue weighted by atomic mass is 10.2. The first-order valence-corrected chi connectivity index (χ1v) is 5.22. The van der Waals surface area contributed by atoms with Gasteiger partial charge in [-0.05, 0) is 11.6 Å². The number of amidine groups is 1. The van der Waals surface area contributed by atoms with E-state index < -0.39 is 0 Å². The van der Waals surface area contributed by atoms with Crippen molar-refractivity contribution in [1.29, 1.82) is 5.41 Å². The number of nitrogens with two attached hydrogens (primary N) is 1. The Morgan fingerprint density at radius 2 is 2.00 bits per heavy atom. The van der Waals surface area contributed by atoms with Gasteiger partial charge in [-0.2, -0.15) is 0 Å². The first-order chi connectivity index (χ1) is 8.27. The van der Waals surface area contributed by atoms with Crippen molar-refractivity contribution in [3.8, 4) is 5.75 Å². The summed E-state index contributed by atoms with van der Waals surface area (Å²) in [6.07, 6.45) is 3.15. The second-order valence-electron chi connectivity index (χ2n) is 3.56. The Labute approximate surface area is 99.6 Å². The van der Waals surface area contributed by atoms with Crippen LogP contribution >= 0.6 is 0 Å². The van der Waals surface area contributed by atoms with Crippen LogP contribution in [0.3, 0.4) is 0 Å². The predicted octanol–water partition coefficient (Wildman–Crippen LogP) is 1.94. The molecule has 86 valence electrons. The molecule has 0 radical (unpaired) electrons. The van der Waals surface area contributed by atoms with E-state index in [1.807, 2.05) is 30.3 Å². The van der Waals surface area contributed by atoms with E-state index in [1.165, 1.54) is 6.20 Å². The third-order valence-electron chi connectivity index (χ3n) is 2.31. The van der Waals surface area contributed by atoms with Gasteiger partial charge in [0, 0.05) is 12.4 Å². The minimum atomic E-state index is -0.0406. The number of rotatable bonds is 4. The second kappa shape index (κ2) is 5.12. The molecule has 17 heavy (non-hydrogen) atoms. The molecule has 0 aliphatic rings. The molecule has 0 spiro atoms. The molecule has 0 fully saturated rings. The molecule has 0 aliphatic heterocycles. The maximum atomic E-state index is 7.42. The maximum absolute atomic E-state index is 7.42. The van der Waals surface area contributed by atoms with Crippen LogP contribution in [0.25, 0.3) is 0 Å². The van der Waals surface area contributed by atoms with Gasteiger partial charge in [-0.25, -0.2) is 0 Å². The number of nitrogens with zero attached hydrogens (tertiary/aromatic N) is 1. The van der Waals surface area contributed by atoms with E-state index in [4.69, 9.17) is 15.9 Å². The highest BCUT2D eigenvalue weighted by molar-refractivity contribution is 5.97. The van der Waals surface area contributed by atoms with Crippen LogP contribution in [0.4, 0.5) is 0 Å². The Morgan fingerprint density at radius 3 is 2.71 bits per heavy atom. The smallest absolute Gasteiger partial charge is 0.133 e. The van der Waals surface area contributed by atoms with Gasteiger partial charge in [0.05, 0.1) is 5.56 Å². The van der Waals surface area contributed by atoms with E-state index >= 15 is 0 Å². The van der Waals surface area contributed by atoms with Gasteiger partial charge in [0.15, 0.2) is 0 Å². The molecular weight excluding hydrogens is 214 g/mol. The number of nitrogens with one attached hydrogen (secondary N) is 1. The fraction of sp³-hybridized carbons (Fsp3) is 0.0769. The van der Waals surface area contributed by atoms with E-state index in [-0.39, 0.29) is 5.84 Å². The van der Waals surface area contributed by atoms with Crippen molar-refractivity contribution < 1.29 is 4.74 Å². The lowest BCUT2D eigenvalue weighted by molar-refractivity contribution is 0.305. The van der Waals surface area contributed by atoms with Gasteiger partial charge in [0.1, 0.15) is 18.2 Å². The Morgan fingerprint density at radius 1 is 1.24 bits per heavy atom. The van der Waals surface area contributed by atoms with E-state index in [0.717, 1.165) is 5.56 Å². The minimum Gasteiger partial charge on any atom is -0.488 e. The molecule has 0 bridgehead atoms. The van der Waals surface area contributed by atoms with Gasteiger partial charge in [0.25, 0.3) is 0 Å². The molecule has 0 unspecified atom stereocenters. The van der Waals surface area contributed by atoms with Crippen molar-refractivity contribution in [2.24, 2.45) is 5.73 Å². The molecule has 0 atom stereocenters. The standard InChI is InChI=1S/C13H13N3O/c14-13(15)11-8-16-7-6-12(11)17-9-10-4-2-1-3-5-10/h1-8H,9H2,(H3,14,15). The average Bonchev–Trinajstić information content (AvgIpc) is 2.38. The first kappa shape index (κ1) is 11.1. The summed E-state index contributed by atoms with van der Waals surface area (Å²) in [4.78, 5) is 3.92. The molecule has 4 nitrogen and oxygen atoms in total. The van der Waals surface area contributed by atoms with Crippen LogP contribution in [-0.2, 0) is 6.61 Å². The van der Waals surface area contributed by atoms with Gasteiger partial charge >= 0.3 is 0 Å². The Balaban J connectivity index is 2.12. The minimum absolute atomic E-state index is 0.0406. The zero-order valence-electron chi connectivity index (χ0n) is 9.26. The summed E-state index contributed by atoms with van der Waals surface area (Å²) in [6, 6.07) is 11.5. The molecule has 2 aromatic rings. The number of aromatic nitrogens is 1. The highest BCUT2D eigenvalue weighted by Gasteiger charge is 2.06. The summed E-state index contributed by atoms with van der Waals surface area (Å²) in [7, 11) is 0. The fourth-order valence-electron chi connectivity index (χ4n) is 1.45.